The van der Waals surface area contributed by atoms with Crippen molar-refractivity contribution >= 4 is 23.2 Å². The molecular weight excluding hydrogens is 285 g/mol. The van der Waals surface area contributed by atoms with Gasteiger partial charge in [-0.3, -0.25) is 0 Å². The molecular formula is C14H19Cl2NO2. The van der Waals surface area contributed by atoms with Gasteiger partial charge in [0.1, 0.15) is 0 Å². The molecule has 1 unspecified atom stereocenters. The summed E-state index contributed by atoms with van der Waals surface area (Å²) in [5, 5.41) is 23.4. The molecule has 0 aliphatic heterocycles. The Balaban J connectivity index is 1.84. The Morgan fingerprint density at radius 2 is 2.05 bits per heavy atom. The Hall–Kier alpha value is -0.320. The summed E-state index contributed by atoms with van der Waals surface area (Å²) in [7, 11) is 0. The predicted molar refractivity (Wildman–Crippen MR) is 77.7 cm³/mol. The molecule has 3 nitrogen and oxygen atoms in total. The molecule has 0 spiro atoms. The summed E-state index contributed by atoms with van der Waals surface area (Å²) < 4.78 is 0. The minimum absolute atomic E-state index is 0.227. The van der Waals surface area contributed by atoms with Crippen LogP contribution in [0.15, 0.2) is 18.2 Å². The molecule has 0 bridgehead atoms. The van der Waals surface area contributed by atoms with Crippen molar-refractivity contribution in [2.75, 3.05) is 19.7 Å². The fraction of sp³-hybridized carbons (Fsp3) is 0.571. The van der Waals surface area contributed by atoms with Crippen LogP contribution in [0.25, 0.3) is 0 Å². The number of aliphatic hydroxyl groups excluding tert-OH is 2. The first-order valence-corrected chi connectivity index (χ1v) is 7.26. The van der Waals surface area contributed by atoms with Gasteiger partial charge < -0.3 is 15.5 Å². The molecule has 1 atom stereocenters. The number of hydrogen-bond acceptors (Lipinski definition) is 3. The molecule has 1 aromatic carbocycles. The van der Waals surface area contributed by atoms with Crippen molar-refractivity contribution in [1.29, 1.82) is 0 Å². The largest absolute Gasteiger partial charge is 0.396 e. The van der Waals surface area contributed by atoms with Crippen molar-refractivity contribution in [2.45, 2.75) is 25.4 Å². The molecule has 0 radical (unpaired) electrons. The van der Waals surface area contributed by atoms with Crippen LogP contribution in [0.4, 0.5) is 0 Å². The van der Waals surface area contributed by atoms with E-state index in [1.807, 2.05) is 0 Å². The summed E-state index contributed by atoms with van der Waals surface area (Å²) in [6.07, 6.45) is 2.45. The first kappa shape index (κ1) is 15.1. The third-order valence-electron chi connectivity index (χ3n) is 3.75. The molecule has 1 aromatic rings. The zero-order chi connectivity index (χ0) is 13.9. The van der Waals surface area contributed by atoms with Crippen LogP contribution in [0.3, 0.4) is 0 Å². The van der Waals surface area contributed by atoms with Crippen LogP contribution in [0.5, 0.6) is 0 Å². The first-order chi connectivity index (χ1) is 9.06. The van der Waals surface area contributed by atoms with Crippen molar-refractivity contribution in [3.8, 4) is 0 Å². The average Bonchev–Trinajstić information content (AvgIpc) is 3.12. The molecule has 2 rings (SSSR count). The summed E-state index contributed by atoms with van der Waals surface area (Å²) in [4.78, 5) is 0. The van der Waals surface area contributed by atoms with Crippen molar-refractivity contribution in [2.24, 2.45) is 5.41 Å². The highest BCUT2D eigenvalue weighted by Crippen LogP contribution is 2.47. The van der Waals surface area contributed by atoms with Crippen molar-refractivity contribution in [1.82, 2.24) is 5.32 Å². The average molecular weight is 304 g/mol. The number of benzene rings is 1. The van der Waals surface area contributed by atoms with Crippen LogP contribution in [0.2, 0.25) is 10.0 Å². The molecule has 106 valence electrons. The van der Waals surface area contributed by atoms with E-state index in [2.05, 4.69) is 5.32 Å². The molecule has 3 N–H and O–H groups in total. The summed E-state index contributed by atoms with van der Waals surface area (Å²) in [6.45, 7) is 1.49. The quantitative estimate of drug-likeness (QED) is 0.726. The standard InChI is InChI=1S/C14H19Cl2NO2/c15-10-1-2-12(16)11(7-10)13(19)8-17-9-14(3-4-14)5-6-18/h1-2,7,13,17-19H,3-6,8-9H2. The van der Waals surface area contributed by atoms with Crippen molar-refractivity contribution in [3.05, 3.63) is 33.8 Å². The maximum absolute atomic E-state index is 10.1. The zero-order valence-corrected chi connectivity index (χ0v) is 12.2. The van der Waals surface area contributed by atoms with E-state index in [0.29, 0.717) is 22.2 Å². The second kappa shape index (κ2) is 6.42. The molecule has 5 heteroatoms. The maximum Gasteiger partial charge on any atom is 0.0929 e. The second-order valence-corrected chi connectivity index (χ2v) is 6.13. The van der Waals surface area contributed by atoms with E-state index in [4.69, 9.17) is 28.3 Å². The predicted octanol–water partition coefficient (Wildman–Crippen LogP) is 2.78. The van der Waals surface area contributed by atoms with Gasteiger partial charge in [0, 0.05) is 35.3 Å². The van der Waals surface area contributed by atoms with Crippen LogP contribution in [-0.4, -0.2) is 29.9 Å². The zero-order valence-electron chi connectivity index (χ0n) is 10.7. The minimum Gasteiger partial charge on any atom is -0.396 e. The Labute approximate surface area is 123 Å². The van der Waals surface area contributed by atoms with E-state index in [9.17, 15) is 5.11 Å². The highest BCUT2D eigenvalue weighted by molar-refractivity contribution is 6.33. The summed E-state index contributed by atoms with van der Waals surface area (Å²) in [5.74, 6) is 0. The van der Waals surface area contributed by atoms with Crippen molar-refractivity contribution in [3.63, 3.8) is 0 Å². The third kappa shape index (κ3) is 4.07. The first-order valence-electron chi connectivity index (χ1n) is 6.51. The van der Waals surface area contributed by atoms with Crippen LogP contribution < -0.4 is 5.32 Å². The van der Waals surface area contributed by atoms with Gasteiger partial charge in [0.25, 0.3) is 0 Å². The van der Waals surface area contributed by atoms with Gasteiger partial charge in [-0.15, -0.1) is 0 Å². The summed E-state index contributed by atoms with van der Waals surface area (Å²) in [5.41, 5.74) is 0.890. The van der Waals surface area contributed by atoms with Gasteiger partial charge in [0.15, 0.2) is 0 Å². The Kier molecular flexibility index (Phi) is 5.09. The van der Waals surface area contributed by atoms with E-state index in [0.717, 1.165) is 25.8 Å². The van der Waals surface area contributed by atoms with Crippen molar-refractivity contribution < 1.29 is 10.2 Å². The van der Waals surface area contributed by atoms with Gasteiger partial charge in [-0.25, -0.2) is 0 Å². The van der Waals surface area contributed by atoms with Crippen LogP contribution in [-0.2, 0) is 0 Å². The minimum atomic E-state index is -0.670. The van der Waals surface area contributed by atoms with Gasteiger partial charge in [0.2, 0.25) is 0 Å². The highest BCUT2D eigenvalue weighted by atomic mass is 35.5. The van der Waals surface area contributed by atoms with Gasteiger partial charge in [-0.1, -0.05) is 23.2 Å². The smallest absolute Gasteiger partial charge is 0.0929 e. The van der Waals surface area contributed by atoms with Gasteiger partial charge >= 0.3 is 0 Å². The van der Waals surface area contributed by atoms with Gasteiger partial charge in [-0.05, 0) is 42.9 Å². The highest BCUT2D eigenvalue weighted by Gasteiger charge is 2.41. The van der Waals surface area contributed by atoms with Crippen LogP contribution in [0, 0.1) is 5.41 Å². The van der Waals surface area contributed by atoms with Gasteiger partial charge in [-0.2, -0.15) is 0 Å². The fourth-order valence-corrected chi connectivity index (χ4v) is 2.71. The molecule has 1 aliphatic rings. The lowest BCUT2D eigenvalue weighted by molar-refractivity contribution is 0.169. The van der Waals surface area contributed by atoms with Crippen LogP contribution >= 0.6 is 23.2 Å². The Morgan fingerprint density at radius 1 is 1.32 bits per heavy atom. The molecule has 0 aromatic heterocycles. The molecule has 19 heavy (non-hydrogen) atoms. The lowest BCUT2D eigenvalue weighted by atomic mass is 10.0. The molecule has 1 aliphatic carbocycles. The lowest BCUT2D eigenvalue weighted by Gasteiger charge is -2.18. The molecule has 0 amide bonds. The van der Waals surface area contributed by atoms with E-state index >= 15 is 0 Å². The van der Waals surface area contributed by atoms with E-state index in [-0.39, 0.29) is 12.0 Å². The van der Waals surface area contributed by atoms with E-state index in [1.54, 1.807) is 18.2 Å². The molecule has 0 heterocycles. The van der Waals surface area contributed by atoms with E-state index < -0.39 is 6.10 Å². The number of halogens is 2. The number of aliphatic hydroxyl groups is 2. The normalized spacial score (nSPS) is 18.3. The lowest BCUT2D eigenvalue weighted by Crippen LogP contribution is -2.29. The molecule has 0 saturated heterocycles. The number of nitrogens with one attached hydrogen (secondary N) is 1. The second-order valence-electron chi connectivity index (χ2n) is 5.29. The molecule has 1 fully saturated rings. The Bertz CT molecular complexity index is 435. The monoisotopic (exact) mass is 303 g/mol. The topological polar surface area (TPSA) is 52.5 Å². The SMILES string of the molecule is OCCC1(CNCC(O)c2cc(Cl)ccc2Cl)CC1. The van der Waals surface area contributed by atoms with Gasteiger partial charge in [0.05, 0.1) is 6.10 Å². The molecule has 1 saturated carbocycles. The maximum atomic E-state index is 10.1. The summed E-state index contributed by atoms with van der Waals surface area (Å²) in [6, 6.07) is 5.08. The third-order valence-corrected chi connectivity index (χ3v) is 4.33. The number of hydrogen-bond donors (Lipinski definition) is 3. The van der Waals surface area contributed by atoms with E-state index in [1.165, 1.54) is 0 Å². The fourth-order valence-electron chi connectivity index (χ4n) is 2.28. The van der Waals surface area contributed by atoms with Crippen LogP contribution in [0.1, 0.15) is 30.9 Å². The number of rotatable bonds is 7. The Morgan fingerprint density at radius 3 is 2.68 bits per heavy atom. The summed E-state index contributed by atoms with van der Waals surface area (Å²) >= 11 is 11.9.